The van der Waals surface area contributed by atoms with Crippen molar-refractivity contribution in [2.75, 3.05) is 13.2 Å². The van der Waals surface area contributed by atoms with Crippen molar-refractivity contribution in [3.8, 4) is 22.6 Å². The van der Waals surface area contributed by atoms with Crippen molar-refractivity contribution >= 4 is 5.97 Å². The average Bonchev–Trinajstić information content (AvgIpc) is 2.93. The molecule has 138 valence electrons. The molecule has 1 aliphatic rings. The van der Waals surface area contributed by atoms with E-state index in [-0.39, 0.29) is 11.6 Å². The maximum absolute atomic E-state index is 11.3. The van der Waals surface area contributed by atoms with E-state index >= 15 is 0 Å². The summed E-state index contributed by atoms with van der Waals surface area (Å²) in [6.45, 7) is 6.96. The van der Waals surface area contributed by atoms with Gasteiger partial charge in [0.15, 0.2) is 0 Å². The first-order chi connectivity index (χ1) is 12.5. The van der Waals surface area contributed by atoms with Crippen LogP contribution in [0.4, 0.5) is 0 Å². The van der Waals surface area contributed by atoms with Gasteiger partial charge in [-0.1, -0.05) is 24.3 Å². The monoisotopic (exact) mass is 354 g/mol. The molecule has 0 atom stereocenters. The normalized spacial score (nSPS) is 14.4. The molecule has 0 radical (unpaired) electrons. The fraction of sp³-hybridized carbons (Fsp3) is 0.409. The summed E-state index contributed by atoms with van der Waals surface area (Å²) in [6.07, 6.45) is 1.95. The highest BCUT2D eigenvalue weighted by atomic mass is 16.5. The molecule has 0 bridgehead atoms. The lowest BCUT2D eigenvalue weighted by Crippen LogP contribution is -2.24. The lowest BCUT2D eigenvalue weighted by molar-refractivity contribution is -0.143. The van der Waals surface area contributed by atoms with Crippen molar-refractivity contribution in [1.29, 1.82) is 0 Å². The second-order valence-electron chi connectivity index (χ2n) is 7.10. The van der Waals surface area contributed by atoms with Crippen LogP contribution in [-0.2, 0) is 16.0 Å². The Labute approximate surface area is 155 Å². The highest BCUT2D eigenvalue weighted by Gasteiger charge is 2.31. The molecule has 0 saturated carbocycles. The van der Waals surface area contributed by atoms with Gasteiger partial charge in [-0.05, 0) is 56.5 Å². The van der Waals surface area contributed by atoms with Crippen molar-refractivity contribution in [2.45, 2.75) is 45.6 Å². The highest BCUT2D eigenvalue weighted by molar-refractivity contribution is 5.72. The van der Waals surface area contributed by atoms with Gasteiger partial charge in [-0.25, -0.2) is 0 Å². The minimum atomic E-state index is -0.172. The van der Waals surface area contributed by atoms with E-state index in [1.54, 1.807) is 0 Å². The van der Waals surface area contributed by atoms with Gasteiger partial charge < -0.3 is 14.2 Å². The maximum Gasteiger partial charge on any atom is 0.305 e. The molecule has 0 aromatic heterocycles. The zero-order valence-corrected chi connectivity index (χ0v) is 15.7. The van der Waals surface area contributed by atoms with Gasteiger partial charge in [-0.3, -0.25) is 4.79 Å². The van der Waals surface area contributed by atoms with E-state index in [9.17, 15) is 4.79 Å². The third kappa shape index (κ3) is 4.37. The zero-order chi connectivity index (χ0) is 18.6. The predicted molar refractivity (Wildman–Crippen MR) is 102 cm³/mol. The Kier molecular flexibility index (Phi) is 5.50. The summed E-state index contributed by atoms with van der Waals surface area (Å²) in [4.78, 5) is 11.3. The number of benzene rings is 2. The molecule has 0 saturated heterocycles. The minimum absolute atomic E-state index is 0.152. The molecule has 1 aliphatic heterocycles. The first-order valence-electron chi connectivity index (χ1n) is 9.18. The van der Waals surface area contributed by atoms with Crippen molar-refractivity contribution in [1.82, 2.24) is 0 Å². The Balaban J connectivity index is 1.61. The standard InChI is InChI=1S/C22H26O4/c1-4-24-21(23)9-6-14-25-17-12-10-16(11-13-17)18-7-5-8-20-19(18)15-22(2,3)26-20/h5,7-8,10-13H,4,6,9,14-15H2,1-3H3. The molecule has 4 nitrogen and oxygen atoms in total. The van der Waals surface area contributed by atoms with Crippen LogP contribution < -0.4 is 9.47 Å². The molecule has 3 rings (SSSR count). The number of carbonyl (C=O) groups is 1. The second kappa shape index (κ2) is 7.81. The first kappa shape index (κ1) is 18.3. The molecule has 0 fully saturated rings. The van der Waals surface area contributed by atoms with Gasteiger partial charge in [-0.15, -0.1) is 0 Å². The second-order valence-corrected chi connectivity index (χ2v) is 7.10. The van der Waals surface area contributed by atoms with E-state index in [1.165, 1.54) is 11.1 Å². The third-order valence-electron chi connectivity index (χ3n) is 4.39. The fourth-order valence-corrected chi connectivity index (χ4v) is 3.24. The Morgan fingerprint density at radius 2 is 1.92 bits per heavy atom. The maximum atomic E-state index is 11.3. The van der Waals surface area contributed by atoms with Gasteiger partial charge in [0.05, 0.1) is 13.2 Å². The highest BCUT2D eigenvalue weighted by Crippen LogP contribution is 2.40. The average molecular weight is 354 g/mol. The van der Waals surface area contributed by atoms with E-state index in [2.05, 4.69) is 32.0 Å². The van der Waals surface area contributed by atoms with Crippen LogP contribution in [0.1, 0.15) is 39.2 Å². The Morgan fingerprint density at radius 1 is 1.15 bits per heavy atom. The summed E-state index contributed by atoms with van der Waals surface area (Å²) < 4.78 is 16.6. The Hall–Kier alpha value is -2.49. The van der Waals surface area contributed by atoms with Crippen LogP contribution in [0.15, 0.2) is 42.5 Å². The van der Waals surface area contributed by atoms with Crippen molar-refractivity contribution in [3.05, 3.63) is 48.0 Å². The predicted octanol–water partition coefficient (Wildman–Crippen LogP) is 4.79. The molecule has 2 aromatic carbocycles. The molecular weight excluding hydrogens is 328 g/mol. The van der Waals surface area contributed by atoms with Crippen LogP contribution in [0.25, 0.3) is 11.1 Å². The summed E-state index contributed by atoms with van der Waals surface area (Å²) in [5.74, 6) is 1.61. The molecule has 0 N–H and O–H groups in total. The molecule has 2 aromatic rings. The van der Waals surface area contributed by atoms with Crippen molar-refractivity contribution < 1.29 is 19.0 Å². The zero-order valence-electron chi connectivity index (χ0n) is 15.7. The Bertz CT molecular complexity index is 762. The van der Waals surface area contributed by atoms with E-state index < -0.39 is 0 Å². The van der Waals surface area contributed by atoms with E-state index in [0.717, 1.165) is 23.5 Å². The molecule has 26 heavy (non-hydrogen) atoms. The number of ether oxygens (including phenoxy) is 3. The number of hydrogen-bond acceptors (Lipinski definition) is 4. The smallest absolute Gasteiger partial charge is 0.305 e. The van der Waals surface area contributed by atoms with Gasteiger partial charge in [0.25, 0.3) is 0 Å². The lowest BCUT2D eigenvalue weighted by Gasteiger charge is -2.16. The Morgan fingerprint density at radius 3 is 2.65 bits per heavy atom. The van der Waals surface area contributed by atoms with Crippen LogP contribution in [0.3, 0.4) is 0 Å². The van der Waals surface area contributed by atoms with Gasteiger partial charge in [0, 0.05) is 18.4 Å². The summed E-state index contributed by atoms with van der Waals surface area (Å²) in [5, 5.41) is 0. The number of fused-ring (bicyclic) bond motifs is 1. The molecule has 0 spiro atoms. The van der Waals surface area contributed by atoms with Crippen LogP contribution in [0.5, 0.6) is 11.5 Å². The van der Waals surface area contributed by atoms with Crippen molar-refractivity contribution in [2.24, 2.45) is 0 Å². The third-order valence-corrected chi connectivity index (χ3v) is 4.39. The number of carbonyl (C=O) groups excluding carboxylic acids is 1. The summed E-state index contributed by atoms with van der Waals surface area (Å²) >= 11 is 0. The van der Waals surface area contributed by atoms with Crippen LogP contribution in [0.2, 0.25) is 0 Å². The van der Waals surface area contributed by atoms with Gasteiger partial charge >= 0.3 is 5.97 Å². The number of esters is 1. The lowest BCUT2D eigenvalue weighted by atomic mass is 9.93. The summed E-state index contributed by atoms with van der Waals surface area (Å²) in [7, 11) is 0. The van der Waals surface area contributed by atoms with Crippen LogP contribution >= 0.6 is 0 Å². The van der Waals surface area contributed by atoms with Gasteiger partial charge in [0.1, 0.15) is 17.1 Å². The number of hydrogen-bond donors (Lipinski definition) is 0. The largest absolute Gasteiger partial charge is 0.494 e. The molecule has 0 amide bonds. The SMILES string of the molecule is CCOC(=O)CCCOc1ccc(-c2cccc3c2CC(C)(C)O3)cc1. The summed E-state index contributed by atoms with van der Waals surface area (Å²) in [6, 6.07) is 14.3. The van der Waals surface area contributed by atoms with E-state index in [1.807, 2.05) is 31.2 Å². The number of rotatable bonds is 7. The molecule has 0 aliphatic carbocycles. The van der Waals surface area contributed by atoms with Crippen molar-refractivity contribution in [3.63, 3.8) is 0 Å². The topological polar surface area (TPSA) is 44.8 Å². The fourth-order valence-electron chi connectivity index (χ4n) is 3.24. The van der Waals surface area contributed by atoms with Gasteiger partial charge in [0.2, 0.25) is 0 Å². The van der Waals surface area contributed by atoms with Crippen LogP contribution in [-0.4, -0.2) is 24.8 Å². The molecule has 1 heterocycles. The molecule has 0 unspecified atom stereocenters. The van der Waals surface area contributed by atoms with Gasteiger partial charge in [-0.2, -0.15) is 0 Å². The van der Waals surface area contributed by atoms with Crippen LogP contribution in [0, 0.1) is 0 Å². The van der Waals surface area contributed by atoms with E-state index in [0.29, 0.717) is 26.1 Å². The van der Waals surface area contributed by atoms with E-state index in [4.69, 9.17) is 14.2 Å². The minimum Gasteiger partial charge on any atom is -0.494 e. The summed E-state index contributed by atoms with van der Waals surface area (Å²) in [5.41, 5.74) is 3.48. The first-order valence-corrected chi connectivity index (χ1v) is 9.18. The quantitative estimate of drug-likeness (QED) is 0.530. The molecule has 4 heteroatoms. The molecular formula is C22H26O4.